The van der Waals surface area contributed by atoms with E-state index in [9.17, 15) is 0 Å². The van der Waals surface area contributed by atoms with Gasteiger partial charge >= 0.3 is 0 Å². The summed E-state index contributed by atoms with van der Waals surface area (Å²) in [5.41, 5.74) is 6.47. The third-order valence-electron chi connectivity index (χ3n) is 3.01. The summed E-state index contributed by atoms with van der Waals surface area (Å²) >= 11 is 0. The average molecular weight is 266 g/mol. The summed E-state index contributed by atoms with van der Waals surface area (Å²) in [6.45, 7) is 6.36. The second-order valence-corrected chi connectivity index (χ2v) is 5.07. The first-order valence-corrected chi connectivity index (χ1v) is 6.75. The lowest BCUT2D eigenvalue weighted by atomic mass is 10.0. The summed E-state index contributed by atoms with van der Waals surface area (Å²) in [5, 5.41) is 3.26. The number of anilines is 2. The van der Waals surface area contributed by atoms with Crippen molar-refractivity contribution >= 4 is 11.5 Å². The fourth-order valence-corrected chi connectivity index (χ4v) is 2.05. The van der Waals surface area contributed by atoms with Crippen LogP contribution in [0.15, 0.2) is 6.33 Å². The number of rotatable bonds is 5. The standard InChI is InChI=1S/C13H22N4O2/c1-9(2)19-13-11(14)12(16-8-17-13)15-6-10-4-3-5-18-7-10/h8-10H,3-7,14H2,1-2H3,(H,15,16,17). The van der Waals surface area contributed by atoms with Gasteiger partial charge in [0.05, 0.1) is 12.7 Å². The van der Waals surface area contributed by atoms with Crippen molar-refractivity contribution in [3.8, 4) is 5.88 Å². The second-order valence-electron chi connectivity index (χ2n) is 5.07. The summed E-state index contributed by atoms with van der Waals surface area (Å²) < 4.78 is 11.0. The molecule has 0 radical (unpaired) electrons. The van der Waals surface area contributed by atoms with Crippen LogP contribution in [0.1, 0.15) is 26.7 Å². The van der Waals surface area contributed by atoms with E-state index in [4.69, 9.17) is 15.2 Å². The maximum atomic E-state index is 6.00. The van der Waals surface area contributed by atoms with Gasteiger partial charge in [0.25, 0.3) is 0 Å². The largest absolute Gasteiger partial charge is 0.473 e. The molecule has 0 amide bonds. The Morgan fingerprint density at radius 1 is 1.53 bits per heavy atom. The van der Waals surface area contributed by atoms with Crippen molar-refractivity contribution in [1.82, 2.24) is 9.97 Å². The zero-order valence-corrected chi connectivity index (χ0v) is 11.6. The second kappa shape index (κ2) is 6.56. The highest BCUT2D eigenvalue weighted by Crippen LogP contribution is 2.26. The quantitative estimate of drug-likeness (QED) is 0.844. The minimum atomic E-state index is 0.0387. The number of nitrogen functional groups attached to an aromatic ring is 1. The number of hydrogen-bond acceptors (Lipinski definition) is 6. The Balaban J connectivity index is 1.95. The van der Waals surface area contributed by atoms with Crippen LogP contribution in [0.2, 0.25) is 0 Å². The van der Waals surface area contributed by atoms with Crippen molar-refractivity contribution in [2.45, 2.75) is 32.8 Å². The van der Waals surface area contributed by atoms with Crippen LogP contribution in [0.4, 0.5) is 11.5 Å². The molecule has 19 heavy (non-hydrogen) atoms. The van der Waals surface area contributed by atoms with E-state index in [1.165, 1.54) is 12.7 Å². The first-order valence-electron chi connectivity index (χ1n) is 6.75. The molecule has 2 heterocycles. The highest BCUT2D eigenvalue weighted by molar-refractivity contribution is 5.66. The summed E-state index contributed by atoms with van der Waals surface area (Å²) in [6.07, 6.45) is 3.80. The monoisotopic (exact) mass is 266 g/mol. The first kappa shape index (κ1) is 13.9. The molecule has 0 bridgehead atoms. The average Bonchev–Trinajstić information content (AvgIpc) is 2.40. The lowest BCUT2D eigenvalue weighted by Crippen LogP contribution is -2.25. The van der Waals surface area contributed by atoms with Crippen LogP contribution in [0.5, 0.6) is 5.88 Å². The number of nitrogens with zero attached hydrogens (tertiary/aromatic N) is 2. The Labute approximate surface area is 113 Å². The van der Waals surface area contributed by atoms with Gasteiger partial charge in [0.2, 0.25) is 5.88 Å². The third kappa shape index (κ3) is 3.96. The fraction of sp³-hybridized carbons (Fsp3) is 0.692. The topological polar surface area (TPSA) is 82.3 Å². The maximum absolute atomic E-state index is 6.00. The number of ether oxygens (including phenoxy) is 2. The van der Waals surface area contributed by atoms with E-state index in [1.54, 1.807) is 0 Å². The Morgan fingerprint density at radius 3 is 3.05 bits per heavy atom. The molecule has 1 aliphatic rings. The predicted molar refractivity (Wildman–Crippen MR) is 74.2 cm³/mol. The Morgan fingerprint density at radius 2 is 2.37 bits per heavy atom. The minimum Gasteiger partial charge on any atom is -0.473 e. The van der Waals surface area contributed by atoms with Gasteiger partial charge in [-0.1, -0.05) is 0 Å². The van der Waals surface area contributed by atoms with E-state index < -0.39 is 0 Å². The molecule has 1 atom stereocenters. The van der Waals surface area contributed by atoms with Crippen molar-refractivity contribution in [3.05, 3.63) is 6.33 Å². The minimum absolute atomic E-state index is 0.0387. The molecule has 3 N–H and O–H groups in total. The zero-order chi connectivity index (χ0) is 13.7. The van der Waals surface area contributed by atoms with E-state index >= 15 is 0 Å². The SMILES string of the molecule is CC(C)Oc1ncnc(NCC2CCCOC2)c1N. The van der Waals surface area contributed by atoms with Gasteiger partial charge in [0, 0.05) is 13.2 Å². The summed E-state index contributed by atoms with van der Waals surface area (Å²) in [7, 11) is 0. The van der Waals surface area contributed by atoms with E-state index in [-0.39, 0.29) is 6.10 Å². The molecule has 0 aromatic carbocycles. The molecule has 6 heteroatoms. The van der Waals surface area contributed by atoms with Gasteiger partial charge in [-0.15, -0.1) is 0 Å². The van der Waals surface area contributed by atoms with Crippen molar-refractivity contribution in [1.29, 1.82) is 0 Å². The molecule has 106 valence electrons. The Hall–Kier alpha value is -1.56. The van der Waals surface area contributed by atoms with Crippen molar-refractivity contribution in [2.75, 3.05) is 30.8 Å². The van der Waals surface area contributed by atoms with Gasteiger partial charge < -0.3 is 20.5 Å². The zero-order valence-electron chi connectivity index (χ0n) is 11.6. The molecule has 1 fully saturated rings. The van der Waals surface area contributed by atoms with Gasteiger partial charge in [0.15, 0.2) is 5.82 Å². The van der Waals surface area contributed by atoms with Crippen molar-refractivity contribution in [3.63, 3.8) is 0 Å². The lowest BCUT2D eigenvalue weighted by molar-refractivity contribution is 0.0595. The van der Waals surface area contributed by atoms with E-state index in [2.05, 4.69) is 15.3 Å². The summed E-state index contributed by atoms with van der Waals surface area (Å²) in [5.74, 6) is 1.58. The van der Waals surface area contributed by atoms with Gasteiger partial charge in [-0.3, -0.25) is 0 Å². The van der Waals surface area contributed by atoms with Crippen LogP contribution in [0, 0.1) is 5.92 Å². The Kier molecular flexibility index (Phi) is 4.79. The maximum Gasteiger partial charge on any atom is 0.242 e. The molecule has 1 unspecified atom stereocenters. The number of hydrogen-bond donors (Lipinski definition) is 2. The van der Waals surface area contributed by atoms with Crippen molar-refractivity contribution < 1.29 is 9.47 Å². The normalized spacial score (nSPS) is 19.4. The van der Waals surface area contributed by atoms with E-state index in [0.29, 0.717) is 23.3 Å². The van der Waals surface area contributed by atoms with E-state index in [1.807, 2.05) is 13.8 Å². The number of nitrogens with two attached hydrogens (primary N) is 1. The molecule has 1 aromatic heterocycles. The van der Waals surface area contributed by atoms with Crippen LogP contribution >= 0.6 is 0 Å². The number of nitrogens with one attached hydrogen (secondary N) is 1. The van der Waals surface area contributed by atoms with Crippen LogP contribution in [-0.4, -0.2) is 35.8 Å². The highest BCUT2D eigenvalue weighted by Gasteiger charge is 2.16. The van der Waals surface area contributed by atoms with Crippen LogP contribution < -0.4 is 15.8 Å². The molecule has 6 nitrogen and oxygen atoms in total. The smallest absolute Gasteiger partial charge is 0.242 e. The van der Waals surface area contributed by atoms with Crippen molar-refractivity contribution in [2.24, 2.45) is 5.92 Å². The Bertz CT molecular complexity index is 406. The molecular formula is C13H22N4O2. The molecule has 0 aliphatic carbocycles. The first-order chi connectivity index (χ1) is 9.16. The van der Waals surface area contributed by atoms with Crippen LogP contribution in [-0.2, 0) is 4.74 Å². The fourth-order valence-electron chi connectivity index (χ4n) is 2.05. The molecule has 1 aromatic rings. The van der Waals surface area contributed by atoms with Crippen LogP contribution in [0.3, 0.4) is 0 Å². The molecule has 1 aliphatic heterocycles. The van der Waals surface area contributed by atoms with Gasteiger partial charge in [-0.2, -0.15) is 4.98 Å². The lowest BCUT2D eigenvalue weighted by Gasteiger charge is -2.23. The summed E-state index contributed by atoms with van der Waals surface area (Å²) in [6, 6.07) is 0. The van der Waals surface area contributed by atoms with Crippen LogP contribution in [0.25, 0.3) is 0 Å². The number of aromatic nitrogens is 2. The third-order valence-corrected chi connectivity index (χ3v) is 3.01. The van der Waals surface area contributed by atoms with Gasteiger partial charge in [-0.05, 0) is 32.6 Å². The predicted octanol–water partition coefficient (Wildman–Crippen LogP) is 1.68. The molecule has 0 spiro atoms. The molecular weight excluding hydrogens is 244 g/mol. The van der Waals surface area contributed by atoms with E-state index in [0.717, 1.165) is 26.2 Å². The van der Waals surface area contributed by atoms with Gasteiger partial charge in [0.1, 0.15) is 12.0 Å². The molecule has 1 saturated heterocycles. The summed E-state index contributed by atoms with van der Waals surface area (Å²) in [4.78, 5) is 8.21. The highest BCUT2D eigenvalue weighted by atomic mass is 16.5. The molecule has 0 saturated carbocycles. The van der Waals surface area contributed by atoms with Gasteiger partial charge in [-0.25, -0.2) is 4.98 Å². The molecule has 2 rings (SSSR count).